The first-order valence-corrected chi connectivity index (χ1v) is 6.50. The van der Waals surface area contributed by atoms with Gasteiger partial charge < -0.3 is 0 Å². The highest BCUT2D eigenvalue weighted by Gasteiger charge is 2.21. The van der Waals surface area contributed by atoms with Crippen LogP contribution in [0.3, 0.4) is 0 Å². The lowest BCUT2D eigenvalue weighted by Gasteiger charge is -2.11. The highest BCUT2D eigenvalue weighted by molar-refractivity contribution is 7.89. The molecule has 0 fully saturated rings. The number of sulfonamides is 1. The fourth-order valence-corrected chi connectivity index (χ4v) is 2.84. The van der Waals surface area contributed by atoms with Crippen molar-refractivity contribution in [3.63, 3.8) is 0 Å². The SMILES string of the molecule is Cc1[nH]ncc1S(=O)(=O)NC(C)c1cn[nH]c1. The molecule has 2 rings (SSSR count). The maximum absolute atomic E-state index is 12.0. The van der Waals surface area contributed by atoms with E-state index >= 15 is 0 Å². The van der Waals surface area contributed by atoms with Crippen molar-refractivity contribution in [3.8, 4) is 0 Å². The Kier molecular flexibility index (Phi) is 2.99. The number of rotatable bonds is 4. The summed E-state index contributed by atoms with van der Waals surface area (Å²) in [6, 6.07) is -0.354. The van der Waals surface area contributed by atoms with Gasteiger partial charge in [0.1, 0.15) is 4.90 Å². The zero-order valence-electron chi connectivity index (χ0n) is 9.43. The van der Waals surface area contributed by atoms with E-state index in [0.717, 1.165) is 5.56 Å². The summed E-state index contributed by atoms with van der Waals surface area (Å²) in [5.41, 5.74) is 1.28. The van der Waals surface area contributed by atoms with Crippen molar-refractivity contribution < 1.29 is 8.42 Å². The third kappa shape index (κ3) is 2.37. The van der Waals surface area contributed by atoms with Crippen molar-refractivity contribution >= 4 is 10.0 Å². The first-order chi connectivity index (χ1) is 8.00. The number of aromatic nitrogens is 4. The van der Waals surface area contributed by atoms with Crippen molar-refractivity contribution in [2.75, 3.05) is 0 Å². The van der Waals surface area contributed by atoms with Gasteiger partial charge in [-0.15, -0.1) is 0 Å². The lowest BCUT2D eigenvalue weighted by molar-refractivity contribution is 0.566. The summed E-state index contributed by atoms with van der Waals surface area (Å²) in [5, 5.41) is 12.7. The minimum absolute atomic E-state index is 0.160. The molecule has 0 saturated heterocycles. The molecule has 0 amide bonds. The minimum atomic E-state index is -3.56. The molecular formula is C9H13N5O2S. The Bertz CT molecular complexity index is 587. The summed E-state index contributed by atoms with van der Waals surface area (Å²) < 4.78 is 26.6. The van der Waals surface area contributed by atoms with Crippen LogP contribution in [0.4, 0.5) is 0 Å². The first kappa shape index (κ1) is 11.8. The molecule has 0 aliphatic rings. The van der Waals surface area contributed by atoms with Gasteiger partial charge in [-0.3, -0.25) is 10.2 Å². The van der Waals surface area contributed by atoms with E-state index in [0.29, 0.717) is 5.69 Å². The Hall–Kier alpha value is -1.67. The van der Waals surface area contributed by atoms with Gasteiger partial charge in [0.25, 0.3) is 0 Å². The van der Waals surface area contributed by atoms with Crippen LogP contribution in [0, 0.1) is 6.92 Å². The molecule has 0 spiro atoms. The van der Waals surface area contributed by atoms with Gasteiger partial charge in [0.2, 0.25) is 10.0 Å². The Morgan fingerprint density at radius 2 is 2.12 bits per heavy atom. The topological polar surface area (TPSA) is 104 Å². The molecule has 0 aliphatic heterocycles. The predicted octanol–water partition coefficient (Wildman–Crippen LogP) is 0.481. The maximum Gasteiger partial charge on any atom is 0.244 e. The Balaban J connectivity index is 2.22. The van der Waals surface area contributed by atoms with Crippen LogP contribution in [0.25, 0.3) is 0 Å². The minimum Gasteiger partial charge on any atom is -0.285 e. The lowest BCUT2D eigenvalue weighted by Crippen LogP contribution is -2.26. The molecule has 92 valence electrons. The van der Waals surface area contributed by atoms with Crippen LogP contribution < -0.4 is 4.72 Å². The van der Waals surface area contributed by atoms with Crippen LogP contribution in [-0.2, 0) is 10.0 Å². The van der Waals surface area contributed by atoms with E-state index in [-0.39, 0.29) is 10.9 Å². The molecule has 2 heterocycles. The van der Waals surface area contributed by atoms with Crippen molar-refractivity contribution in [1.82, 2.24) is 25.1 Å². The molecule has 0 aliphatic carbocycles. The number of aryl methyl sites for hydroxylation is 1. The van der Waals surface area contributed by atoms with Crippen molar-refractivity contribution in [2.24, 2.45) is 0 Å². The molecule has 0 aromatic carbocycles. The van der Waals surface area contributed by atoms with E-state index in [1.165, 1.54) is 6.20 Å². The molecule has 7 nitrogen and oxygen atoms in total. The number of hydrogen-bond donors (Lipinski definition) is 3. The standard InChI is InChI=1S/C9H13N5O2S/c1-6(8-3-10-11-4-8)14-17(15,16)9-5-12-13-7(9)2/h3-6,14H,1-2H3,(H,10,11)(H,12,13). The average Bonchev–Trinajstić information content (AvgIpc) is 2.85. The molecule has 3 N–H and O–H groups in total. The van der Waals surface area contributed by atoms with Gasteiger partial charge in [0.05, 0.1) is 18.1 Å². The maximum atomic E-state index is 12.0. The molecule has 1 atom stereocenters. The largest absolute Gasteiger partial charge is 0.285 e. The van der Waals surface area contributed by atoms with Gasteiger partial charge in [-0.25, -0.2) is 13.1 Å². The van der Waals surface area contributed by atoms with Crippen LogP contribution in [0.5, 0.6) is 0 Å². The van der Waals surface area contributed by atoms with Crippen molar-refractivity contribution in [1.29, 1.82) is 0 Å². The van der Waals surface area contributed by atoms with E-state index in [4.69, 9.17) is 0 Å². The van der Waals surface area contributed by atoms with Crippen molar-refractivity contribution in [3.05, 3.63) is 29.8 Å². The normalized spacial score (nSPS) is 13.8. The number of hydrogen-bond acceptors (Lipinski definition) is 4. The van der Waals surface area contributed by atoms with E-state index < -0.39 is 10.0 Å². The second-order valence-electron chi connectivity index (χ2n) is 3.73. The smallest absolute Gasteiger partial charge is 0.244 e. The van der Waals surface area contributed by atoms with Crippen molar-refractivity contribution in [2.45, 2.75) is 24.8 Å². The highest BCUT2D eigenvalue weighted by Crippen LogP contribution is 2.16. The first-order valence-electron chi connectivity index (χ1n) is 5.01. The Labute approximate surface area is 98.7 Å². The fourth-order valence-electron chi connectivity index (χ4n) is 1.47. The van der Waals surface area contributed by atoms with Gasteiger partial charge in [0.15, 0.2) is 0 Å². The van der Waals surface area contributed by atoms with Crippen LogP contribution in [0.15, 0.2) is 23.5 Å². The van der Waals surface area contributed by atoms with Crippen LogP contribution >= 0.6 is 0 Å². The number of H-pyrrole nitrogens is 2. The second kappa shape index (κ2) is 4.30. The second-order valence-corrected chi connectivity index (χ2v) is 5.42. The summed E-state index contributed by atoms with van der Waals surface area (Å²) in [5.74, 6) is 0. The zero-order valence-corrected chi connectivity index (χ0v) is 10.2. The van der Waals surface area contributed by atoms with E-state index in [2.05, 4.69) is 25.1 Å². The molecule has 8 heteroatoms. The Morgan fingerprint density at radius 1 is 1.35 bits per heavy atom. The fraction of sp³-hybridized carbons (Fsp3) is 0.333. The number of nitrogens with one attached hydrogen (secondary N) is 3. The lowest BCUT2D eigenvalue weighted by atomic mass is 10.2. The molecule has 0 radical (unpaired) electrons. The molecule has 17 heavy (non-hydrogen) atoms. The molecule has 0 saturated carbocycles. The van der Waals surface area contributed by atoms with Crippen LogP contribution in [0.1, 0.15) is 24.2 Å². The van der Waals surface area contributed by atoms with Gasteiger partial charge in [-0.05, 0) is 13.8 Å². The van der Waals surface area contributed by atoms with Gasteiger partial charge in [-0.1, -0.05) is 0 Å². The van der Waals surface area contributed by atoms with Gasteiger partial charge >= 0.3 is 0 Å². The summed E-state index contributed by atoms with van der Waals surface area (Å²) in [4.78, 5) is 0.160. The van der Waals surface area contributed by atoms with Gasteiger partial charge in [-0.2, -0.15) is 10.2 Å². The van der Waals surface area contributed by atoms with Gasteiger partial charge in [0, 0.05) is 17.8 Å². The molecule has 2 aromatic rings. The average molecular weight is 255 g/mol. The van der Waals surface area contributed by atoms with Crippen LogP contribution in [0.2, 0.25) is 0 Å². The predicted molar refractivity (Wildman–Crippen MR) is 60.6 cm³/mol. The molecule has 2 aromatic heterocycles. The van der Waals surface area contributed by atoms with E-state index in [9.17, 15) is 8.42 Å². The summed E-state index contributed by atoms with van der Waals surface area (Å²) >= 11 is 0. The van der Waals surface area contributed by atoms with Crippen LogP contribution in [-0.4, -0.2) is 28.8 Å². The summed E-state index contributed by atoms with van der Waals surface area (Å²) in [6.45, 7) is 3.40. The molecule has 1 unspecified atom stereocenters. The monoisotopic (exact) mass is 255 g/mol. The van der Waals surface area contributed by atoms with E-state index in [1.807, 2.05) is 0 Å². The summed E-state index contributed by atoms with van der Waals surface area (Å²) in [6.07, 6.45) is 4.52. The number of nitrogens with zero attached hydrogens (tertiary/aromatic N) is 2. The third-order valence-corrected chi connectivity index (χ3v) is 4.08. The quantitative estimate of drug-likeness (QED) is 0.739. The highest BCUT2D eigenvalue weighted by atomic mass is 32.2. The molecular weight excluding hydrogens is 242 g/mol. The third-order valence-electron chi connectivity index (χ3n) is 2.42. The Morgan fingerprint density at radius 3 is 2.65 bits per heavy atom. The molecule has 0 bridgehead atoms. The number of aromatic amines is 2. The summed E-state index contributed by atoms with van der Waals surface area (Å²) in [7, 11) is -3.56. The van der Waals surface area contributed by atoms with E-state index in [1.54, 1.807) is 26.2 Å². The zero-order chi connectivity index (χ0) is 12.5.